The van der Waals surface area contributed by atoms with Gasteiger partial charge in [0.1, 0.15) is 5.75 Å². The minimum atomic E-state index is -0.0478. The summed E-state index contributed by atoms with van der Waals surface area (Å²) in [6.07, 6.45) is 2.03. The zero-order valence-electron chi connectivity index (χ0n) is 11.6. The van der Waals surface area contributed by atoms with Crippen molar-refractivity contribution in [3.8, 4) is 5.75 Å². The summed E-state index contributed by atoms with van der Waals surface area (Å²) < 4.78 is 5.20. The van der Waals surface area contributed by atoms with Gasteiger partial charge in [-0.1, -0.05) is 0 Å². The van der Waals surface area contributed by atoms with Crippen LogP contribution in [0.25, 0.3) is 0 Å². The van der Waals surface area contributed by atoms with Crippen LogP contribution in [-0.2, 0) is 4.79 Å². The van der Waals surface area contributed by atoms with E-state index in [2.05, 4.69) is 5.32 Å². The number of aryl methyl sites for hydroxylation is 1. The lowest BCUT2D eigenvalue weighted by Gasteiger charge is -2.13. The van der Waals surface area contributed by atoms with Gasteiger partial charge in [0, 0.05) is 11.6 Å². The Bertz CT molecular complexity index is 518. The average molecular weight is 261 g/mol. The van der Waals surface area contributed by atoms with Gasteiger partial charge in [0.25, 0.3) is 0 Å². The first-order valence-corrected chi connectivity index (χ1v) is 6.49. The molecule has 1 saturated carbocycles. The molecule has 102 valence electrons. The summed E-state index contributed by atoms with van der Waals surface area (Å²) in [5.74, 6) is 1.02. The zero-order valence-corrected chi connectivity index (χ0v) is 11.6. The lowest BCUT2D eigenvalue weighted by atomic mass is 10.1. The summed E-state index contributed by atoms with van der Waals surface area (Å²) in [5, 5.41) is 3.12. The van der Waals surface area contributed by atoms with Crippen LogP contribution >= 0.6 is 0 Å². The minimum Gasteiger partial charge on any atom is -0.496 e. The topological polar surface area (TPSA) is 55.4 Å². The molecule has 0 bridgehead atoms. The quantitative estimate of drug-likeness (QED) is 0.800. The normalized spacial score (nSPS) is 14.1. The van der Waals surface area contributed by atoms with Crippen LogP contribution in [-0.4, -0.2) is 25.2 Å². The number of nitrogens with one attached hydrogen (secondary N) is 1. The Morgan fingerprint density at radius 1 is 1.37 bits per heavy atom. The van der Waals surface area contributed by atoms with Crippen LogP contribution in [0.2, 0.25) is 0 Å². The van der Waals surface area contributed by atoms with Crippen molar-refractivity contribution in [1.82, 2.24) is 0 Å². The highest BCUT2D eigenvalue weighted by molar-refractivity contribution is 5.98. The number of benzene rings is 1. The van der Waals surface area contributed by atoms with Gasteiger partial charge in [-0.05, 0) is 44.4 Å². The molecule has 1 N–H and O–H groups in total. The van der Waals surface area contributed by atoms with Crippen molar-refractivity contribution >= 4 is 17.3 Å². The Hall–Kier alpha value is -1.84. The predicted octanol–water partition coefficient (Wildman–Crippen LogP) is 2.60. The summed E-state index contributed by atoms with van der Waals surface area (Å²) in [6.45, 7) is 3.76. The van der Waals surface area contributed by atoms with Gasteiger partial charge in [0.05, 0.1) is 19.2 Å². The predicted molar refractivity (Wildman–Crippen MR) is 74.0 cm³/mol. The Balaban J connectivity index is 2.17. The van der Waals surface area contributed by atoms with Crippen LogP contribution in [0, 0.1) is 12.8 Å². The number of ether oxygens (including phenoxy) is 1. The molecule has 1 fully saturated rings. The van der Waals surface area contributed by atoms with Crippen LogP contribution in [0.1, 0.15) is 35.7 Å². The molecule has 19 heavy (non-hydrogen) atoms. The number of anilines is 1. The number of carbonyl (C=O) groups excluding carboxylic acids is 2. The van der Waals surface area contributed by atoms with E-state index >= 15 is 0 Å². The van der Waals surface area contributed by atoms with Crippen LogP contribution < -0.4 is 10.1 Å². The Morgan fingerprint density at radius 3 is 2.58 bits per heavy atom. The van der Waals surface area contributed by atoms with Gasteiger partial charge in [-0.3, -0.25) is 9.59 Å². The molecule has 4 heteroatoms. The molecule has 1 aromatic rings. The third-order valence-electron chi connectivity index (χ3n) is 3.41. The lowest BCUT2D eigenvalue weighted by Crippen LogP contribution is -2.16. The third kappa shape index (κ3) is 3.13. The molecule has 0 spiro atoms. The van der Waals surface area contributed by atoms with Gasteiger partial charge in [-0.2, -0.15) is 0 Å². The third-order valence-corrected chi connectivity index (χ3v) is 3.41. The highest BCUT2D eigenvalue weighted by Gasteiger charge is 2.28. The molecule has 0 amide bonds. The van der Waals surface area contributed by atoms with Crippen molar-refractivity contribution in [2.75, 3.05) is 19.0 Å². The van der Waals surface area contributed by atoms with Crippen molar-refractivity contribution in [1.29, 1.82) is 0 Å². The molecular weight excluding hydrogens is 242 g/mol. The molecule has 0 saturated heterocycles. The van der Waals surface area contributed by atoms with Gasteiger partial charge < -0.3 is 10.1 Å². The summed E-state index contributed by atoms with van der Waals surface area (Å²) in [7, 11) is 1.55. The Kier molecular flexibility index (Phi) is 3.88. The maximum atomic E-state index is 11.7. The summed E-state index contributed by atoms with van der Waals surface area (Å²) in [6, 6.07) is 3.58. The van der Waals surface area contributed by atoms with E-state index in [1.807, 2.05) is 13.0 Å². The lowest BCUT2D eigenvalue weighted by molar-refractivity contribution is -0.118. The molecule has 4 nitrogen and oxygen atoms in total. The van der Waals surface area contributed by atoms with Crippen molar-refractivity contribution in [3.05, 3.63) is 23.3 Å². The standard InChI is InChI=1S/C15H19NO3/c1-9-6-15(19-3)12(10(2)17)7-13(9)16-8-14(18)11-4-5-11/h6-7,11,16H,4-5,8H2,1-3H3. The van der Waals surface area contributed by atoms with Gasteiger partial charge in [-0.25, -0.2) is 0 Å². The van der Waals surface area contributed by atoms with E-state index < -0.39 is 0 Å². The molecule has 1 aliphatic rings. The maximum absolute atomic E-state index is 11.7. The summed E-state index contributed by atoms with van der Waals surface area (Å²) in [4.78, 5) is 23.2. The summed E-state index contributed by atoms with van der Waals surface area (Å²) in [5.41, 5.74) is 2.32. The van der Waals surface area contributed by atoms with Crippen molar-refractivity contribution < 1.29 is 14.3 Å². The summed E-state index contributed by atoms with van der Waals surface area (Å²) >= 11 is 0. The van der Waals surface area contributed by atoms with Gasteiger partial charge >= 0.3 is 0 Å². The molecule has 1 aliphatic carbocycles. The second kappa shape index (κ2) is 5.43. The van der Waals surface area contributed by atoms with Crippen molar-refractivity contribution in [2.24, 2.45) is 5.92 Å². The molecule has 1 aromatic carbocycles. The van der Waals surface area contributed by atoms with Gasteiger partial charge in [-0.15, -0.1) is 0 Å². The van der Waals surface area contributed by atoms with E-state index in [9.17, 15) is 9.59 Å². The fraction of sp³-hybridized carbons (Fsp3) is 0.467. The van der Waals surface area contributed by atoms with E-state index in [0.717, 1.165) is 24.1 Å². The first-order valence-electron chi connectivity index (χ1n) is 6.49. The highest BCUT2D eigenvalue weighted by Crippen LogP contribution is 2.31. The van der Waals surface area contributed by atoms with Crippen molar-refractivity contribution in [3.63, 3.8) is 0 Å². The maximum Gasteiger partial charge on any atom is 0.163 e. The molecule has 0 unspecified atom stereocenters. The monoisotopic (exact) mass is 261 g/mol. The smallest absolute Gasteiger partial charge is 0.163 e. The van der Waals surface area contributed by atoms with E-state index in [4.69, 9.17) is 4.74 Å². The van der Waals surface area contributed by atoms with Gasteiger partial charge in [0.2, 0.25) is 0 Å². The highest BCUT2D eigenvalue weighted by atomic mass is 16.5. The molecule has 2 rings (SSSR count). The largest absolute Gasteiger partial charge is 0.496 e. The SMILES string of the molecule is COc1cc(C)c(NCC(=O)C2CC2)cc1C(C)=O. The van der Waals surface area contributed by atoms with E-state index in [1.165, 1.54) is 6.92 Å². The van der Waals surface area contributed by atoms with Crippen LogP contribution in [0.15, 0.2) is 12.1 Å². The number of hydrogen-bond donors (Lipinski definition) is 1. The first kappa shape index (κ1) is 13.6. The fourth-order valence-electron chi connectivity index (χ4n) is 2.05. The number of Topliss-reactive ketones (excluding diaryl/α,β-unsaturated/α-hetero) is 2. The van der Waals surface area contributed by atoms with Crippen LogP contribution in [0.3, 0.4) is 0 Å². The molecule has 0 radical (unpaired) electrons. The molecular formula is C15H19NO3. The Labute approximate surface area is 113 Å². The number of methoxy groups -OCH3 is 1. The number of carbonyl (C=O) groups is 2. The minimum absolute atomic E-state index is 0.0478. The number of ketones is 2. The average Bonchev–Trinajstić information content (AvgIpc) is 3.20. The van der Waals surface area contributed by atoms with E-state index in [0.29, 0.717) is 17.9 Å². The Morgan fingerprint density at radius 2 is 2.05 bits per heavy atom. The van der Waals surface area contributed by atoms with Crippen molar-refractivity contribution in [2.45, 2.75) is 26.7 Å². The zero-order chi connectivity index (χ0) is 14.0. The van der Waals surface area contributed by atoms with Gasteiger partial charge in [0.15, 0.2) is 11.6 Å². The van der Waals surface area contributed by atoms with E-state index in [1.54, 1.807) is 13.2 Å². The molecule has 0 heterocycles. The second-order valence-corrected chi connectivity index (χ2v) is 5.02. The second-order valence-electron chi connectivity index (χ2n) is 5.02. The van der Waals surface area contributed by atoms with Crippen LogP contribution in [0.4, 0.5) is 5.69 Å². The molecule has 0 aliphatic heterocycles. The van der Waals surface area contributed by atoms with E-state index in [-0.39, 0.29) is 17.5 Å². The molecule has 0 atom stereocenters. The van der Waals surface area contributed by atoms with Crippen LogP contribution in [0.5, 0.6) is 5.75 Å². The molecule has 0 aromatic heterocycles. The number of hydrogen-bond acceptors (Lipinski definition) is 4. The number of rotatable bonds is 6. The fourth-order valence-corrected chi connectivity index (χ4v) is 2.05. The first-order chi connectivity index (χ1) is 9.02.